The minimum atomic E-state index is -0.120. The maximum Gasteiger partial charge on any atom is 0.257 e. The first kappa shape index (κ1) is 11.3. The third kappa shape index (κ3) is 2.48. The highest BCUT2D eigenvalue weighted by Crippen LogP contribution is 2.16. The molecule has 3 nitrogen and oxygen atoms in total. The highest BCUT2D eigenvalue weighted by atomic mass is 79.9. The van der Waals surface area contributed by atoms with Gasteiger partial charge >= 0.3 is 0 Å². The number of thiazole rings is 1. The summed E-state index contributed by atoms with van der Waals surface area (Å²) >= 11 is 4.77. The van der Waals surface area contributed by atoms with Gasteiger partial charge in [0.25, 0.3) is 5.91 Å². The van der Waals surface area contributed by atoms with Crippen molar-refractivity contribution >= 4 is 38.3 Å². The third-order valence-electron chi connectivity index (χ3n) is 2.06. The second-order valence-corrected chi connectivity index (χ2v) is 4.54. The summed E-state index contributed by atoms with van der Waals surface area (Å²) in [4.78, 5) is 15.9. The lowest BCUT2D eigenvalue weighted by molar-refractivity contribution is 0.102. The molecule has 1 aromatic carbocycles. The van der Waals surface area contributed by atoms with Gasteiger partial charge in [0.1, 0.15) is 0 Å². The number of aromatic nitrogens is 1. The maximum atomic E-state index is 11.9. The summed E-state index contributed by atoms with van der Waals surface area (Å²) in [5.41, 5.74) is 1.64. The summed E-state index contributed by atoms with van der Waals surface area (Å²) in [5, 5.41) is 5.87. The lowest BCUT2D eigenvalue weighted by atomic mass is 10.1. The van der Waals surface area contributed by atoms with Crippen LogP contribution in [0.15, 0.2) is 35.8 Å². The molecular weight excluding hydrogens is 288 g/mol. The number of rotatable bonds is 3. The predicted molar refractivity (Wildman–Crippen MR) is 69.1 cm³/mol. The normalized spacial score (nSPS) is 10.1. The molecule has 1 aromatic heterocycles. The summed E-state index contributed by atoms with van der Waals surface area (Å²) in [6.07, 6.45) is 1.66. The molecule has 16 heavy (non-hydrogen) atoms. The van der Waals surface area contributed by atoms with Crippen molar-refractivity contribution in [3.63, 3.8) is 0 Å². The molecule has 0 aliphatic carbocycles. The van der Waals surface area contributed by atoms with Gasteiger partial charge in [0.2, 0.25) is 0 Å². The van der Waals surface area contributed by atoms with E-state index in [-0.39, 0.29) is 5.91 Å². The summed E-state index contributed by atoms with van der Waals surface area (Å²) in [6, 6.07) is 7.49. The lowest BCUT2D eigenvalue weighted by Gasteiger charge is -2.05. The average molecular weight is 297 g/mol. The number of amides is 1. The van der Waals surface area contributed by atoms with E-state index in [1.165, 1.54) is 11.3 Å². The van der Waals surface area contributed by atoms with Crippen LogP contribution in [0.3, 0.4) is 0 Å². The van der Waals surface area contributed by atoms with Gasteiger partial charge in [-0.1, -0.05) is 34.1 Å². The van der Waals surface area contributed by atoms with E-state index in [0.717, 1.165) is 5.56 Å². The van der Waals surface area contributed by atoms with Crippen molar-refractivity contribution in [2.45, 2.75) is 5.33 Å². The summed E-state index contributed by atoms with van der Waals surface area (Å²) in [7, 11) is 0. The fraction of sp³-hybridized carbons (Fsp3) is 0.0909. The van der Waals surface area contributed by atoms with Crippen molar-refractivity contribution < 1.29 is 4.79 Å². The molecular formula is C11H9BrN2OS. The first-order valence-corrected chi connectivity index (χ1v) is 6.66. The molecule has 0 unspecified atom stereocenters. The number of anilines is 1. The summed E-state index contributed by atoms with van der Waals surface area (Å²) in [5.74, 6) is -0.120. The molecule has 0 saturated heterocycles. The van der Waals surface area contributed by atoms with Crippen LogP contribution in [0, 0.1) is 0 Å². The molecule has 1 amide bonds. The minimum Gasteiger partial charge on any atom is -0.298 e. The number of hydrogen-bond acceptors (Lipinski definition) is 3. The summed E-state index contributed by atoms with van der Waals surface area (Å²) in [6.45, 7) is 0. The van der Waals surface area contributed by atoms with Gasteiger partial charge in [0, 0.05) is 22.5 Å². The van der Waals surface area contributed by atoms with Gasteiger partial charge in [-0.25, -0.2) is 4.98 Å². The van der Waals surface area contributed by atoms with E-state index in [1.807, 2.05) is 23.6 Å². The van der Waals surface area contributed by atoms with E-state index in [0.29, 0.717) is 16.0 Å². The Hall–Kier alpha value is -1.20. The van der Waals surface area contributed by atoms with Crippen molar-refractivity contribution in [2.24, 2.45) is 0 Å². The van der Waals surface area contributed by atoms with Crippen LogP contribution in [0.5, 0.6) is 0 Å². The minimum absolute atomic E-state index is 0.120. The molecule has 0 bridgehead atoms. The topological polar surface area (TPSA) is 42.0 Å². The van der Waals surface area contributed by atoms with Gasteiger partial charge in [0.05, 0.1) is 0 Å². The van der Waals surface area contributed by atoms with Crippen LogP contribution in [-0.4, -0.2) is 10.9 Å². The molecule has 0 aliphatic rings. The standard InChI is InChI=1S/C11H9BrN2OS/c12-7-8-3-1-2-4-9(8)10(15)14-11-13-5-6-16-11/h1-6H,7H2,(H,13,14,15). The van der Waals surface area contributed by atoms with Crippen molar-refractivity contribution in [3.05, 3.63) is 47.0 Å². The monoisotopic (exact) mass is 296 g/mol. The average Bonchev–Trinajstić information content (AvgIpc) is 2.81. The van der Waals surface area contributed by atoms with Gasteiger partial charge in [-0.05, 0) is 11.6 Å². The van der Waals surface area contributed by atoms with E-state index in [4.69, 9.17) is 0 Å². The Kier molecular flexibility index (Phi) is 3.69. The van der Waals surface area contributed by atoms with E-state index < -0.39 is 0 Å². The molecule has 1 heterocycles. The van der Waals surface area contributed by atoms with E-state index >= 15 is 0 Å². The maximum absolute atomic E-state index is 11.9. The second-order valence-electron chi connectivity index (χ2n) is 3.08. The van der Waals surface area contributed by atoms with E-state index in [9.17, 15) is 4.79 Å². The molecule has 2 aromatic rings. The highest BCUT2D eigenvalue weighted by Gasteiger charge is 2.10. The number of nitrogens with one attached hydrogen (secondary N) is 1. The number of hydrogen-bond donors (Lipinski definition) is 1. The third-order valence-corrected chi connectivity index (χ3v) is 3.35. The van der Waals surface area contributed by atoms with Gasteiger partial charge in [-0.2, -0.15) is 0 Å². The van der Waals surface area contributed by atoms with Gasteiger partial charge in [-0.15, -0.1) is 11.3 Å². The molecule has 82 valence electrons. The number of nitrogens with zero attached hydrogens (tertiary/aromatic N) is 1. The molecule has 1 N–H and O–H groups in total. The second kappa shape index (κ2) is 5.23. The Labute approximate surface area is 106 Å². The fourth-order valence-corrected chi connectivity index (χ4v) is 2.32. The zero-order valence-corrected chi connectivity index (χ0v) is 10.7. The fourth-order valence-electron chi connectivity index (χ4n) is 1.31. The highest BCUT2D eigenvalue weighted by molar-refractivity contribution is 9.08. The lowest BCUT2D eigenvalue weighted by Crippen LogP contribution is -2.13. The molecule has 0 radical (unpaired) electrons. The van der Waals surface area contributed by atoms with E-state index in [2.05, 4.69) is 26.2 Å². The Bertz CT molecular complexity index is 484. The van der Waals surface area contributed by atoms with Crippen molar-refractivity contribution in [1.29, 1.82) is 0 Å². The number of halogens is 1. The molecule has 2 rings (SSSR count). The van der Waals surface area contributed by atoms with Gasteiger partial charge < -0.3 is 0 Å². The molecule has 0 fully saturated rings. The van der Waals surface area contributed by atoms with Crippen LogP contribution in [0.2, 0.25) is 0 Å². The largest absolute Gasteiger partial charge is 0.298 e. The number of carbonyl (C=O) groups excluding carboxylic acids is 1. The smallest absolute Gasteiger partial charge is 0.257 e. The van der Waals surface area contributed by atoms with Gasteiger partial charge in [0.15, 0.2) is 5.13 Å². The number of carbonyl (C=O) groups is 1. The first-order valence-electron chi connectivity index (χ1n) is 4.66. The first-order chi connectivity index (χ1) is 7.81. The number of alkyl halides is 1. The van der Waals surface area contributed by atoms with Crippen LogP contribution < -0.4 is 5.32 Å². The zero-order chi connectivity index (χ0) is 11.4. The molecule has 0 saturated carbocycles. The quantitative estimate of drug-likeness (QED) is 0.883. The van der Waals surface area contributed by atoms with Crippen LogP contribution in [0.1, 0.15) is 15.9 Å². The molecule has 5 heteroatoms. The Morgan fingerprint density at radius 3 is 2.94 bits per heavy atom. The van der Waals surface area contributed by atoms with Gasteiger partial charge in [-0.3, -0.25) is 10.1 Å². The molecule has 0 atom stereocenters. The molecule has 0 spiro atoms. The van der Waals surface area contributed by atoms with Crippen LogP contribution in [-0.2, 0) is 5.33 Å². The zero-order valence-electron chi connectivity index (χ0n) is 8.31. The van der Waals surface area contributed by atoms with Crippen LogP contribution >= 0.6 is 27.3 Å². The Balaban J connectivity index is 2.21. The van der Waals surface area contributed by atoms with Crippen molar-refractivity contribution in [2.75, 3.05) is 5.32 Å². The predicted octanol–water partition coefficient (Wildman–Crippen LogP) is 3.29. The molecule has 0 aliphatic heterocycles. The summed E-state index contributed by atoms with van der Waals surface area (Å²) < 4.78 is 0. The SMILES string of the molecule is O=C(Nc1nccs1)c1ccccc1CBr. The van der Waals surface area contributed by atoms with Crippen molar-refractivity contribution in [1.82, 2.24) is 4.98 Å². The Morgan fingerprint density at radius 2 is 2.25 bits per heavy atom. The number of benzene rings is 1. The van der Waals surface area contributed by atoms with Crippen LogP contribution in [0.4, 0.5) is 5.13 Å². The Morgan fingerprint density at radius 1 is 1.44 bits per heavy atom. The van der Waals surface area contributed by atoms with E-state index in [1.54, 1.807) is 12.3 Å². The van der Waals surface area contributed by atoms with Crippen molar-refractivity contribution in [3.8, 4) is 0 Å². The van der Waals surface area contributed by atoms with Crippen LogP contribution in [0.25, 0.3) is 0 Å².